The van der Waals surface area contributed by atoms with E-state index >= 15 is 0 Å². The lowest BCUT2D eigenvalue weighted by Crippen LogP contribution is -2.31. The molecule has 0 aromatic carbocycles. The highest BCUT2D eigenvalue weighted by molar-refractivity contribution is 5.76. The first-order chi connectivity index (χ1) is 9.10. The molecular formula is C12H22N6O. The first kappa shape index (κ1) is 15.2. The van der Waals surface area contributed by atoms with Crippen molar-refractivity contribution >= 4 is 17.7 Å². The molecule has 0 atom stereocenters. The van der Waals surface area contributed by atoms with Crippen molar-refractivity contribution < 1.29 is 4.79 Å². The highest BCUT2D eigenvalue weighted by Crippen LogP contribution is 2.08. The third-order valence-corrected chi connectivity index (χ3v) is 2.74. The number of nitrogens with two attached hydrogens (primary N) is 1. The number of anilines is 2. The highest BCUT2D eigenvalue weighted by atomic mass is 16.2. The van der Waals surface area contributed by atoms with Crippen molar-refractivity contribution in [1.82, 2.24) is 14.9 Å². The molecule has 0 aliphatic heterocycles. The molecule has 106 valence electrons. The number of nitrogens with zero attached hydrogens (tertiary/aromatic N) is 3. The standard InChI is InChI=1S/C12H22N6O/c1-4-18(5-2)11(19)6-7-14-10-8-9(3)15-12(16-10)17-13/h8H,4-7,13H2,1-3H3,(H2,14,15,16,17). The molecule has 0 radical (unpaired) electrons. The predicted molar refractivity (Wildman–Crippen MR) is 75.6 cm³/mol. The van der Waals surface area contributed by atoms with Crippen LogP contribution in [-0.2, 0) is 4.79 Å². The Kier molecular flexibility index (Phi) is 6.01. The van der Waals surface area contributed by atoms with Crippen molar-refractivity contribution in [3.63, 3.8) is 0 Å². The lowest BCUT2D eigenvalue weighted by atomic mass is 10.3. The monoisotopic (exact) mass is 266 g/mol. The quantitative estimate of drug-likeness (QED) is 0.497. The van der Waals surface area contributed by atoms with Crippen LogP contribution < -0.4 is 16.6 Å². The molecular weight excluding hydrogens is 244 g/mol. The summed E-state index contributed by atoms with van der Waals surface area (Å²) in [6, 6.07) is 1.81. The third kappa shape index (κ3) is 4.70. The minimum absolute atomic E-state index is 0.139. The fraction of sp³-hybridized carbons (Fsp3) is 0.583. The van der Waals surface area contributed by atoms with Crippen LogP contribution in [0.3, 0.4) is 0 Å². The molecule has 0 unspecified atom stereocenters. The van der Waals surface area contributed by atoms with Gasteiger partial charge in [0.25, 0.3) is 0 Å². The number of nitrogen functional groups attached to an aromatic ring is 1. The summed E-state index contributed by atoms with van der Waals surface area (Å²) in [5, 5.41) is 3.10. The molecule has 0 aliphatic rings. The molecule has 7 nitrogen and oxygen atoms in total. The van der Waals surface area contributed by atoms with Crippen LogP contribution in [0.15, 0.2) is 6.07 Å². The maximum absolute atomic E-state index is 11.8. The molecule has 1 rings (SSSR count). The number of hydrazine groups is 1. The molecule has 1 aromatic rings. The van der Waals surface area contributed by atoms with E-state index in [0.717, 1.165) is 18.8 Å². The Bertz CT molecular complexity index is 419. The number of rotatable bonds is 7. The van der Waals surface area contributed by atoms with Crippen molar-refractivity contribution in [3.05, 3.63) is 11.8 Å². The molecule has 0 saturated heterocycles. The van der Waals surface area contributed by atoms with Crippen molar-refractivity contribution in [2.75, 3.05) is 30.4 Å². The van der Waals surface area contributed by atoms with Crippen LogP contribution in [0.25, 0.3) is 0 Å². The lowest BCUT2D eigenvalue weighted by Gasteiger charge is -2.18. The summed E-state index contributed by atoms with van der Waals surface area (Å²) in [5.41, 5.74) is 3.21. The van der Waals surface area contributed by atoms with Crippen LogP contribution in [0.1, 0.15) is 26.0 Å². The SMILES string of the molecule is CCN(CC)C(=O)CCNc1cc(C)nc(NN)n1. The molecule has 1 heterocycles. The summed E-state index contributed by atoms with van der Waals surface area (Å²) in [6.45, 7) is 7.82. The molecule has 1 aromatic heterocycles. The summed E-state index contributed by atoms with van der Waals surface area (Å²) in [4.78, 5) is 21.9. The second-order valence-corrected chi connectivity index (χ2v) is 4.11. The Balaban J connectivity index is 2.49. The Labute approximate surface area is 113 Å². The Morgan fingerprint density at radius 2 is 2.05 bits per heavy atom. The zero-order valence-corrected chi connectivity index (χ0v) is 11.7. The van der Waals surface area contributed by atoms with Crippen LogP contribution in [-0.4, -0.2) is 40.4 Å². The lowest BCUT2D eigenvalue weighted by molar-refractivity contribution is -0.130. The van der Waals surface area contributed by atoms with Crippen molar-refractivity contribution in [1.29, 1.82) is 0 Å². The van der Waals surface area contributed by atoms with Crippen LogP contribution >= 0.6 is 0 Å². The summed E-state index contributed by atoms with van der Waals surface area (Å²) in [5.74, 6) is 6.43. The molecule has 0 fully saturated rings. The molecule has 4 N–H and O–H groups in total. The van der Waals surface area contributed by atoms with E-state index in [9.17, 15) is 4.79 Å². The zero-order valence-electron chi connectivity index (χ0n) is 11.7. The van der Waals surface area contributed by atoms with Gasteiger partial charge in [-0.3, -0.25) is 10.2 Å². The van der Waals surface area contributed by atoms with Crippen LogP contribution in [0, 0.1) is 6.92 Å². The molecule has 1 amide bonds. The minimum Gasteiger partial charge on any atom is -0.369 e. The molecule has 7 heteroatoms. The van der Waals surface area contributed by atoms with Gasteiger partial charge in [-0.15, -0.1) is 0 Å². The molecule has 0 aliphatic carbocycles. The largest absolute Gasteiger partial charge is 0.369 e. The maximum Gasteiger partial charge on any atom is 0.239 e. The van der Waals surface area contributed by atoms with Crippen molar-refractivity contribution in [2.45, 2.75) is 27.2 Å². The molecule has 0 saturated carbocycles. The second kappa shape index (κ2) is 7.52. The highest BCUT2D eigenvalue weighted by Gasteiger charge is 2.09. The van der Waals surface area contributed by atoms with Gasteiger partial charge in [-0.25, -0.2) is 10.8 Å². The van der Waals surface area contributed by atoms with Crippen LogP contribution in [0.4, 0.5) is 11.8 Å². The van der Waals surface area contributed by atoms with E-state index in [1.807, 2.05) is 26.8 Å². The average Bonchev–Trinajstić information content (AvgIpc) is 2.39. The Morgan fingerprint density at radius 3 is 2.63 bits per heavy atom. The Hall–Kier alpha value is -1.89. The fourth-order valence-electron chi connectivity index (χ4n) is 1.76. The van der Waals surface area contributed by atoms with Crippen molar-refractivity contribution in [2.24, 2.45) is 5.84 Å². The first-order valence-corrected chi connectivity index (χ1v) is 6.44. The number of carbonyl (C=O) groups excluding carboxylic acids is 1. The van der Waals surface area contributed by atoms with E-state index < -0.39 is 0 Å². The smallest absolute Gasteiger partial charge is 0.239 e. The van der Waals surface area contributed by atoms with Gasteiger partial charge in [-0.2, -0.15) is 4.98 Å². The van der Waals surface area contributed by atoms with E-state index in [-0.39, 0.29) is 5.91 Å². The summed E-state index contributed by atoms with van der Waals surface area (Å²) in [6.07, 6.45) is 0.441. The second-order valence-electron chi connectivity index (χ2n) is 4.11. The van der Waals surface area contributed by atoms with E-state index in [4.69, 9.17) is 5.84 Å². The number of aryl methyl sites for hydroxylation is 1. The minimum atomic E-state index is 0.139. The van der Waals surface area contributed by atoms with Crippen molar-refractivity contribution in [3.8, 4) is 0 Å². The first-order valence-electron chi connectivity index (χ1n) is 6.44. The maximum atomic E-state index is 11.8. The van der Waals surface area contributed by atoms with Gasteiger partial charge in [-0.1, -0.05) is 0 Å². The summed E-state index contributed by atoms with van der Waals surface area (Å²) >= 11 is 0. The number of carbonyl (C=O) groups is 1. The normalized spacial score (nSPS) is 10.1. The van der Waals surface area contributed by atoms with Crippen LogP contribution in [0.2, 0.25) is 0 Å². The van der Waals surface area contributed by atoms with Gasteiger partial charge < -0.3 is 10.2 Å². The molecule has 0 spiro atoms. The molecule has 19 heavy (non-hydrogen) atoms. The topological polar surface area (TPSA) is 96.2 Å². The van der Waals surface area contributed by atoms with E-state index in [1.54, 1.807) is 4.90 Å². The number of hydrogen-bond donors (Lipinski definition) is 3. The number of hydrogen-bond acceptors (Lipinski definition) is 6. The predicted octanol–water partition coefficient (Wildman–Crippen LogP) is 0.741. The van der Waals surface area contributed by atoms with E-state index in [1.165, 1.54) is 0 Å². The summed E-state index contributed by atoms with van der Waals surface area (Å²) in [7, 11) is 0. The van der Waals surface area contributed by atoms with Gasteiger partial charge in [0.1, 0.15) is 5.82 Å². The summed E-state index contributed by atoms with van der Waals surface area (Å²) < 4.78 is 0. The van der Waals surface area contributed by atoms with Gasteiger partial charge >= 0.3 is 0 Å². The van der Waals surface area contributed by atoms with E-state index in [0.29, 0.717) is 24.7 Å². The van der Waals surface area contributed by atoms with Gasteiger partial charge in [0.2, 0.25) is 11.9 Å². The van der Waals surface area contributed by atoms with Gasteiger partial charge in [-0.05, 0) is 20.8 Å². The average molecular weight is 266 g/mol. The number of aromatic nitrogens is 2. The molecule has 0 bridgehead atoms. The van der Waals surface area contributed by atoms with Gasteiger partial charge in [0.05, 0.1) is 0 Å². The third-order valence-electron chi connectivity index (χ3n) is 2.74. The van der Waals surface area contributed by atoms with Gasteiger partial charge in [0, 0.05) is 37.8 Å². The Morgan fingerprint density at radius 1 is 1.37 bits per heavy atom. The number of nitrogens with one attached hydrogen (secondary N) is 2. The van der Waals surface area contributed by atoms with Gasteiger partial charge in [0.15, 0.2) is 0 Å². The zero-order chi connectivity index (χ0) is 14.3. The fourth-order valence-corrected chi connectivity index (χ4v) is 1.76. The van der Waals surface area contributed by atoms with E-state index in [2.05, 4.69) is 20.7 Å². The number of amides is 1. The van der Waals surface area contributed by atoms with Crippen LogP contribution in [0.5, 0.6) is 0 Å².